The Morgan fingerprint density at radius 3 is 2.59 bits per heavy atom. The summed E-state index contributed by atoms with van der Waals surface area (Å²) in [5.41, 5.74) is 0. The number of carbonyl (C=O) groups excluding carboxylic acids is 1. The van der Waals surface area contributed by atoms with Crippen molar-refractivity contribution < 1.29 is 18.0 Å². The summed E-state index contributed by atoms with van der Waals surface area (Å²) in [6.07, 6.45) is -2.43. The van der Waals surface area contributed by atoms with Crippen molar-refractivity contribution in [1.82, 2.24) is 10.6 Å². The van der Waals surface area contributed by atoms with Gasteiger partial charge in [0.15, 0.2) is 5.92 Å². The fourth-order valence-corrected chi connectivity index (χ4v) is 1.21. The van der Waals surface area contributed by atoms with Crippen LogP contribution in [-0.2, 0) is 4.79 Å². The van der Waals surface area contributed by atoms with Gasteiger partial charge in [-0.05, 0) is 12.8 Å². The normalized spacial score (nSPS) is 17.3. The highest BCUT2D eigenvalue weighted by Gasteiger charge is 2.39. The molecular weight excluding hydrogens is 235 g/mol. The minimum atomic E-state index is -4.52. The van der Waals surface area contributed by atoms with Crippen molar-refractivity contribution in [2.45, 2.75) is 31.5 Å². The van der Waals surface area contributed by atoms with Gasteiger partial charge in [-0.15, -0.1) is 0 Å². The second-order valence-electron chi connectivity index (χ2n) is 4.02. The lowest BCUT2D eigenvalue weighted by molar-refractivity contribution is -0.157. The van der Waals surface area contributed by atoms with Crippen molar-refractivity contribution in [1.29, 1.82) is 5.26 Å². The predicted octanol–water partition coefficient (Wildman–Crippen LogP) is 0.947. The first-order valence-corrected chi connectivity index (χ1v) is 5.40. The molecule has 1 fully saturated rings. The van der Waals surface area contributed by atoms with E-state index >= 15 is 0 Å². The Morgan fingerprint density at radius 1 is 1.47 bits per heavy atom. The van der Waals surface area contributed by atoms with Crippen molar-refractivity contribution in [3.8, 4) is 6.07 Å². The van der Waals surface area contributed by atoms with E-state index in [2.05, 4.69) is 10.6 Å². The number of rotatable bonds is 6. The molecule has 17 heavy (non-hydrogen) atoms. The molecule has 96 valence electrons. The maximum atomic E-state index is 12.1. The first-order valence-electron chi connectivity index (χ1n) is 5.40. The van der Waals surface area contributed by atoms with Gasteiger partial charge < -0.3 is 10.6 Å². The Morgan fingerprint density at radius 2 is 2.12 bits per heavy atom. The van der Waals surface area contributed by atoms with Crippen LogP contribution in [0.2, 0.25) is 0 Å². The Hall–Kier alpha value is -1.29. The van der Waals surface area contributed by atoms with Crippen LogP contribution in [-0.4, -0.2) is 31.2 Å². The third kappa shape index (κ3) is 5.54. The summed E-state index contributed by atoms with van der Waals surface area (Å²) in [7, 11) is 0. The summed E-state index contributed by atoms with van der Waals surface area (Å²) in [5.74, 6) is -2.19. The number of nitrogens with zero attached hydrogens (tertiary/aromatic N) is 1. The molecule has 0 aromatic rings. The zero-order chi connectivity index (χ0) is 12.9. The third-order valence-corrected chi connectivity index (χ3v) is 2.37. The van der Waals surface area contributed by atoms with E-state index in [1.807, 2.05) is 0 Å². The number of nitriles is 1. The van der Waals surface area contributed by atoms with E-state index in [-0.39, 0.29) is 24.9 Å². The molecule has 0 spiro atoms. The highest BCUT2D eigenvalue weighted by atomic mass is 19.4. The molecule has 1 aliphatic carbocycles. The molecule has 1 aliphatic rings. The molecule has 7 heteroatoms. The topological polar surface area (TPSA) is 64.9 Å². The second-order valence-corrected chi connectivity index (χ2v) is 4.02. The summed E-state index contributed by atoms with van der Waals surface area (Å²) in [6, 6.07) is 1.44. The average molecular weight is 249 g/mol. The number of hydrogen-bond acceptors (Lipinski definition) is 3. The molecule has 0 bridgehead atoms. The quantitative estimate of drug-likeness (QED) is 0.689. The van der Waals surface area contributed by atoms with Crippen molar-refractivity contribution in [3.05, 3.63) is 0 Å². The summed E-state index contributed by atoms with van der Waals surface area (Å²) in [6.45, 7) is -0.330. The number of nitrogens with one attached hydrogen (secondary N) is 2. The van der Waals surface area contributed by atoms with E-state index in [0.29, 0.717) is 0 Å². The number of carbonyl (C=O) groups is 1. The van der Waals surface area contributed by atoms with Crippen molar-refractivity contribution >= 4 is 5.91 Å². The highest BCUT2D eigenvalue weighted by molar-refractivity contribution is 5.76. The lowest BCUT2D eigenvalue weighted by Gasteiger charge is -2.13. The molecule has 1 rings (SSSR count). The van der Waals surface area contributed by atoms with Crippen LogP contribution in [0.5, 0.6) is 0 Å². The van der Waals surface area contributed by atoms with Gasteiger partial charge in [0.25, 0.3) is 0 Å². The van der Waals surface area contributed by atoms with Crippen molar-refractivity contribution in [3.63, 3.8) is 0 Å². The number of hydrogen-bond donors (Lipinski definition) is 2. The fraction of sp³-hybridized carbons (Fsp3) is 0.800. The van der Waals surface area contributed by atoms with Gasteiger partial charge in [0.2, 0.25) is 5.91 Å². The predicted molar refractivity (Wildman–Crippen MR) is 53.8 cm³/mol. The fourth-order valence-electron chi connectivity index (χ4n) is 1.21. The average Bonchev–Trinajstić information content (AvgIpc) is 2.99. The molecule has 0 aromatic heterocycles. The van der Waals surface area contributed by atoms with Crippen LogP contribution in [0.25, 0.3) is 0 Å². The molecule has 0 saturated heterocycles. The molecule has 1 unspecified atom stereocenters. The van der Waals surface area contributed by atoms with E-state index in [0.717, 1.165) is 12.8 Å². The molecule has 1 saturated carbocycles. The van der Waals surface area contributed by atoms with Gasteiger partial charge in [0.1, 0.15) is 0 Å². The zero-order valence-corrected chi connectivity index (χ0v) is 9.18. The van der Waals surface area contributed by atoms with Crippen molar-refractivity contribution in [2.75, 3.05) is 13.1 Å². The molecule has 4 nitrogen and oxygen atoms in total. The number of amides is 1. The Labute approximate surface area is 97.2 Å². The van der Waals surface area contributed by atoms with Gasteiger partial charge in [0.05, 0.1) is 6.07 Å². The van der Waals surface area contributed by atoms with Crippen LogP contribution < -0.4 is 10.6 Å². The lowest BCUT2D eigenvalue weighted by Crippen LogP contribution is -2.35. The summed E-state index contributed by atoms with van der Waals surface area (Å²) in [5, 5.41) is 13.5. The summed E-state index contributed by atoms with van der Waals surface area (Å²) >= 11 is 0. The molecule has 1 atom stereocenters. The lowest BCUT2D eigenvalue weighted by atomic mass is 10.1. The zero-order valence-electron chi connectivity index (χ0n) is 9.18. The van der Waals surface area contributed by atoms with Gasteiger partial charge in [-0.1, -0.05) is 0 Å². The number of alkyl halides is 3. The Kier molecular flexibility index (Phi) is 4.75. The van der Waals surface area contributed by atoms with Crippen molar-refractivity contribution in [2.24, 2.45) is 5.92 Å². The smallest absolute Gasteiger partial charge is 0.353 e. The molecule has 0 aromatic carbocycles. The van der Waals surface area contributed by atoms with E-state index in [1.165, 1.54) is 6.07 Å². The Balaban J connectivity index is 2.10. The maximum absolute atomic E-state index is 12.1. The molecular formula is C10H14F3N3O. The third-order valence-electron chi connectivity index (χ3n) is 2.37. The van der Waals surface area contributed by atoms with E-state index < -0.39 is 18.6 Å². The molecule has 0 radical (unpaired) electrons. The van der Waals surface area contributed by atoms with Crippen LogP contribution in [0.3, 0.4) is 0 Å². The van der Waals surface area contributed by atoms with Crippen LogP contribution in [0.4, 0.5) is 13.2 Å². The van der Waals surface area contributed by atoms with Crippen LogP contribution in [0, 0.1) is 17.2 Å². The van der Waals surface area contributed by atoms with Crippen LogP contribution in [0.1, 0.15) is 19.3 Å². The second kappa shape index (κ2) is 5.87. The van der Waals surface area contributed by atoms with Gasteiger partial charge in [-0.2, -0.15) is 18.4 Å². The molecule has 0 heterocycles. The number of halogens is 3. The van der Waals surface area contributed by atoms with Crippen LogP contribution >= 0.6 is 0 Å². The monoisotopic (exact) mass is 249 g/mol. The molecule has 2 N–H and O–H groups in total. The Bertz CT molecular complexity index is 307. The van der Waals surface area contributed by atoms with E-state index in [9.17, 15) is 18.0 Å². The SMILES string of the molecule is N#CC(CNCCC(=O)NC1CC1)C(F)(F)F. The van der Waals surface area contributed by atoms with Gasteiger partial charge in [-0.3, -0.25) is 4.79 Å². The van der Waals surface area contributed by atoms with Gasteiger partial charge in [0, 0.05) is 25.6 Å². The van der Waals surface area contributed by atoms with E-state index in [1.54, 1.807) is 0 Å². The van der Waals surface area contributed by atoms with Gasteiger partial charge in [-0.25, -0.2) is 0 Å². The summed E-state index contributed by atoms with van der Waals surface area (Å²) < 4.78 is 36.4. The minimum absolute atomic E-state index is 0.131. The van der Waals surface area contributed by atoms with Gasteiger partial charge >= 0.3 is 6.18 Å². The standard InChI is InChI=1S/C10H14F3N3O/c11-10(12,13)7(5-14)6-15-4-3-9(17)16-8-1-2-8/h7-8,15H,1-4,6H2,(H,16,17). The summed E-state index contributed by atoms with van der Waals surface area (Å²) in [4.78, 5) is 11.2. The molecule has 1 amide bonds. The first-order chi connectivity index (χ1) is 7.93. The largest absolute Gasteiger partial charge is 0.405 e. The first kappa shape index (κ1) is 13.8. The highest BCUT2D eigenvalue weighted by Crippen LogP contribution is 2.24. The molecule has 0 aliphatic heterocycles. The maximum Gasteiger partial charge on any atom is 0.405 e. The van der Waals surface area contributed by atoms with E-state index in [4.69, 9.17) is 5.26 Å². The minimum Gasteiger partial charge on any atom is -0.353 e. The van der Waals surface area contributed by atoms with Crippen LogP contribution in [0.15, 0.2) is 0 Å².